The van der Waals surface area contributed by atoms with Gasteiger partial charge in [0.1, 0.15) is 0 Å². The van der Waals surface area contributed by atoms with Crippen LogP contribution in [0.1, 0.15) is 63.0 Å². The average Bonchev–Trinajstić information content (AvgIpc) is 2.55. The Bertz CT molecular complexity index is 607. The molecule has 1 amide bonds. The number of likely N-dealkylation sites (tertiary alicyclic amines) is 1. The minimum atomic E-state index is -0.812. The SMILES string of the molecule is O=C(CC1(O)CCCCC1)N1CCCC(c2ccnc(=O)[nH]2)C1. The van der Waals surface area contributed by atoms with Crippen LogP contribution < -0.4 is 5.69 Å². The van der Waals surface area contributed by atoms with Crippen LogP contribution in [-0.2, 0) is 4.79 Å². The smallest absolute Gasteiger partial charge is 0.345 e. The van der Waals surface area contributed by atoms with Crippen molar-refractivity contribution in [2.45, 2.75) is 62.9 Å². The molecule has 2 N–H and O–H groups in total. The summed E-state index contributed by atoms with van der Waals surface area (Å²) < 4.78 is 0. The quantitative estimate of drug-likeness (QED) is 0.885. The van der Waals surface area contributed by atoms with Crippen LogP contribution in [0.4, 0.5) is 0 Å². The molecule has 6 heteroatoms. The maximum atomic E-state index is 12.6. The van der Waals surface area contributed by atoms with E-state index in [2.05, 4.69) is 9.97 Å². The number of H-pyrrole nitrogens is 1. The number of piperidine rings is 1. The molecular weight excluding hydrogens is 294 g/mol. The average molecular weight is 319 g/mol. The van der Waals surface area contributed by atoms with Crippen molar-refractivity contribution in [3.63, 3.8) is 0 Å². The van der Waals surface area contributed by atoms with Crippen molar-refractivity contribution >= 4 is 5.91 Å². The molecule has 126 valence electrons. The van der Waals surface area contributed by atoms with Gasteiger partial charge in [-0.15, -0.1) is 0 Å². The third-order valence-corrected chi connectivity index (χ3v) is 5.18. The summed E-state index contributed by atoms with van der Waals surface area (Å²) in [7, 11) is 0. The van der Waals surface area contributed by atoms with Crippen molar-refractivity contribution in [2.24, 2.45) is 0 Å². The molecule has 1 aliphatic heterocycles. The van der Waals surface area contributed by atoms with Crippen molar-refractivity contribution in [1.82, 2.24) is 14.9 Å². The lowest BCUT2D eigenvalue weighted by Crippen LogP contribution is -2.44. The van der Waals surface area contributed by atoms with Crippen LogP contribution in [0.25, 0.3) is 0 Å². The number of carbonyl (C=O) groups excluding carboxylic acids is 1. The molecule has 6 nitrogen and oxygen atoms in total. The summed E-state index contributed by atoms with van der Waals surface area (Å²) in [4.78, 5) is 32.2. The van der Waals surface area contributed by atoms with Crippen molar-refractivity contribution in [2.75, 3.05) is 13.1 Å². The number of hydrogen-bond acceptors (Lipinski definition) is 4. The first-order valence-corrected chi connectivity index (χ1v) is 8.61. The third-order valence-electron chi connectivity index (χ3n) is 5.18. The second-order valence-electron chi connectivity index (χ2n) is 6.97. The highest BCUT2D eigenvalue weighted by Gasteiger charge is 2.34. The normalized spacial score (nSPS) is 24.4. The van der Waals surface area contributed by atoms with Gasteiger partial charge in [-0.05, 0) is 31.7 Å². The summed E-state index contributed by atoms with van der Waals surface area (Å²) in [5, 5.41) is 10.6. The number of aliphatic hydroxyl groups is 1. The van der Waals surface area contributed by atoms with Crippen molar-refractivity contribution in [1.29, 1.82) is 0 Å². The van der Waals surface area contributed by atoms with Gasteiger partial charge in [0.25, 0.3) is 0 Å². The lowest BCUT2D eigenvalue weighted by atomic mass is 9.82. The van der Waals surface area contributed by atoms with Crippen LogP contribution in [0, 0.1) is 0 Å². The molecule has 0 aromatic carbocycles. The van der Waals surface area contributed by atoms with Gasteiger partial charge < -0.3 is 15.0 Å². The van der Waals surface area contributed by atoms with Crippen LogP contribution in [0.3, 0.4) is 0 Å². The highest BCUT2D eigenvalue weighted by Crippen LogP contribution is 2.32. The van der Waals surface area contributed by atoms with Crippen LogP contribution in [0.2, 0.25) is 0 Å². The zero-order valence-electron chi connectivity index (χ0n) is 13.5. The van der Waals surface area contributed by atoms with Crippen molar-refractivity contribution < 1.29 is 9.90 Å². The Labute approximate surface area is 135 Å². The molecule has 0 radical (unpaired) electrons. The number of carbonyl (C=O) groups is 1. The maximum Gasteiger partial charge on any atom is 0.345 e. The van der Waals surface area contributed by atoms with Gasteiger partial charge in [0.05, 0.1) is 12.0 Å². The summed E-state index contributed by atoms with van der Waals surface area (Å²) in [6, 6.07) is 1.81. The predicted octanol–water partition coefficient (Wildman–Crippen LogP) is 1.56. The van der Waals surface area contributed by atoms with Gasteiger partial charge in [-0.1, -0.05) is 19.3 Å². The van der Waals surface area contributed by atoms with Crippen molar-refractivity contribution in [3.05, 3.63) is 28.4 Å². The molecule has 1 unspecified atom stereocenters. The van der Waals surface area contributed by atoms with Gasteiger partial charge in [-0.25, -0.2) is 9.78 Å². The third kappa shape index (κ3) is 3.99. The van der Waals surface area contributed by atoms with Gasteiger partial charge in [-0.2, -0.15) is 0 Å². The number of aromatic amines is 1. The van der Waals surface area contributed by atoms with Crippen LogP contribution in [0.15, 0.2) is 17.1 Å². The Balaban J connectivity index is 1.63. The molecule has 1 aliphatic carbocycles. The first-order valence-electron chi connectivity index (χ1n) is 8.61. The van der Waals surface area contributed by atoms with Crippen LogP contribution in [0.5, 0.6) is 0 Å². The second-order valence-corrected chi connectivity index (χ2v) is 6.97. The summed E-state index contributed by atoms with van der Waals surface area (Å²) in [5.74, 6) is 0.180. The maximum absolute atomic E-state index is 12.6. The standard InChI is InChI=1S/C17H25N3O3/c21-15(11-17(23)7-2-1-3-8-17)20-10-4-5-13(12-20)14-6-9-18-16(22)19-14/h6,9,13,23H,1-5,7-8,10-12H2,(H,18,19,22). The minimum absolute atomic E-state index is 0.0375. The summed E-state index contributed by atoms with van der Waals surface area (Å²) >= 11 is 0. The van der Waals surface area contributed by atoms with Gasteiger partial charge in [0, 0.05) is 30.9 Å². The highest BCUT2D eigenvalue weighted by atomic mass is 16.3. The molecule has 1 saturated heterocycles. The van der Waals surface area contributed by atoms with E-state index in [0.717, 1.165) is 57.2 Å². The van der Waals surface area contributed by atoms with Crippen molar-refractivity contribution in [3.8, 4) is 0 Å². The van der Waals surface area contributed by atoms with Gasteiger partial charge >= 0.3 is 5.69 Å². The molecule has 2 aliphatic rings. The fourth-order valence-corrected chi connectivity index (χ4v) is 3.86. The molecule has 0 spiro atoms. The first kappa shape index (κ1) is 16.2. The summed E-state index contributed by atoms with van der Waals surface area (Å²) in [6.07, 6.45) is 8.23. The summed E-state index contributed by atoms with van der Waals surface area (Å²) in [6.45, 7) is 1.34. The molecule has 1 atom stereocenters. The molecule has 1 aromatic heterocycles. The number of nitrogens with zero attached hydrogens (tertiary/aromatic N) is 2. The topological polar surface area (TPSA) is 86.3 Å². The lowest BCUT2D eigenvalue weighted by molar-refractivity contribution is -0.139. The zero-order valence-corrected chi connectivity index (χ0v) is 13.5. The Morgan fingerprint density at radius 3 is 2.87 bits per heavy atom. The fraction of sp³-hybridized carbons (Fsp3) is 0.706. The molecule has 23 heavy (non-hydrogen) atoms. The first-order chi connectivity index (χ1) is 11.1. The summed E-state index contributed by atoms with van der Waals surface area (Å²) in [5.41, 5.74) is -0.311. The van der Waals surface area contributed by atoms with E-state index in [1.54, 1.807) is 0 Å². The Kier molecular flexibility index (Phi) is 4.80. The fourth-order valence-electron chi connectivity index (χ4n) is 3.86. The molecule has 2 fully saturated rings. The Morgan fingerprint density at radius 2 is 2.13 bits per heavy atom. The van der Waals surface area contributed by atoms with Gasteiger partial charge in [-0.3, -0.25) is 4.79 Å². The molecule has 3 rings (SSSR count). The minimum Gasteiger partial charge on any atom is -0.389 e. The van der Waals surface area contributed by atoms with E-state index < -0.39 is 5.60 Å². The van der Waals surface area contributed by atoms with Gasteiger partial charge in [0.15, 0.2) is 0 Å². The van der Waals surface area contributed by atoms with E-state index in [-0.39, 0.29) is 23.9 Å². The van der Waals surface area contributed by atoms with E-state index in [1.807, 2.05) is 11.0 Å². The van der Waals surface area contributed by atoms with E-state index >= 15 is 0 Å². The number of hydrogen-bond donors (Lipinski definition) is 2. The molecule has 0 bridgehead atoms. The van der Waals surface area contributed by atoms with Crippen LogP contribution >= 0.6 is 0 Å². The Hall–Kier alpha value is -1.69. The number of nitrogens with one attached hydrogen (secondary N) is 1. The van der Waals surface area contributed by atoms with Gasteiger partial charge in [0.2, 0.25) is 5.91 Å². The van der Waals surface area contributed by atoms with E-state index in [9.17, 15) is 14.7 Å². The van der Waals surface area contributed by atoms with E-state index in [4.69, 9.17) is 0 Å². The second kappa shape index (κ2) is 6.83. The number of amides is 1. The van der Waals surface area contributed by atoms with E-state index in [1.165, 1.54) is 6.20 Å². The zero-order chi connectivity index (χ0) is 16.3. The molecule has 1 saturated carbocycles. The molecule has 1 aromatic rings. The predicted molar refractivity (Wildman–Crippen MR) is 86.1 cm³/mol. The Morgan fingerprint density at radius 1 is 1.35 bits per heavy atom. The largest absolute Gasteiger partial charge is 0.389 e. The lowest BCUT2D eigenvalue weighted by Gasteiger charge is -2.37. The van der Waals surface area contributed by atoms with E-state index in [0.29, 0.717) is 6.54 Å². The number of rotatable bonds is 3. The van der Waals surface area contributed by atoms with Crippen LogP contribution in [-0.4, -0.2) is 44.6 Å². The monoisotopic (exact) mass is 319 g/mol. The highest BCUT2D eigenvalue weighted by molar-refractivity contribution is 5.77. The molecule has 2 heterocycles. The molecular formula is C17H25N3O3. The number of aromatic nitrogens is 2.